The maximum atomic E-state index is 12.4. The molecule has 0 radical (unpaired) electrons. The highest BCUT2D eigenvalue weighted by Gasteiger charge is 2.18. The Morgan fingerprint density at radius 3 is 2.40 bits per heavy atom. The van der Waals surface area contributed by atoms with Crippen LogP contribution >= 0.6 is 0 Å². The third-order valence-electron chi connectivity index (χ3n) is 3.66. The summed E-state index contributed by atoms with van der Waals surface area (Å²) >= 11 is 0. The number of allylic oxidation sites excluding steroid dienone is 4. The molecule has 0 amide bonds. The van der Waals surface area contributed by atoms with Crippen molar-refractivity contribution >= 4 is 11.5 Å². The van der Waals surface area contributed by atoms with Crippen molar-refractivity contribution in [3.63, 3.8) is 0 Å². The maximum Gasteiger partial charge on any atom is 0.343 e. The lowest BCUT2D eigenvalue weighted by Gasteiger charge is -2.20. The summed E-state index contributed by atoms with van der Waals surface area (Å²) in [5, 5.41) is 10.1. The average Bonchev–Trinajstić information content (AvgIpc) is 2.51. The largest absolute Gasteiger partial charge is 0.508 e. The molecule has 1 N–H and O–H groups in total. The van der Waals surface area contributed by atoms with Crippen molar-refractivity contribution < 1.29 is 14.6 Å². The molecular weight excluding hydrogens is 318 g/mol. The van der Waals surface area contributed by atoms with Crippen LogP contribution in [-0.2, 0) is 4.74 Å². The van der Waals surface area contributed by atoms with Gasteiger partial charge in [0.15, 0.2) is 5.43 Å². The van der Waals surface area contributed by atoms with Gasteiger partial charge < -0.3 is 14.4 Å². The van der Waals surface area contributed by atoms with Crippen molar-refractivity contribution in [1.82, 2.24) is 4.57 Å². The van der Waals surface area contributed by atoms with Crippen LogP contribution in [0, 0.1) is 0 Å². The molecular formula is C20H27NO4. The van der Waals surface area contributed by atoms with Gasteiger partial charge in [-0.15, -0.1) is 0 Å². The molecule has 1 heterocycles. The van der Waals surface area contributed by atoms with Crippen molar-refractivity contribution in [2.45, 2.75) is 47.6 Å². The van der Waals surface area contributed by atoms with E-state index in [1.54, 1.807) is 19.9 Å². The Kier molecular flexibility index (Phi) is 6.97. The number of pyridine rings is 1. The van der Waals surface area contributed by atoms with Crippen molar-refractivity contribution in [3.05, 3.63) is 63.3 Å². The molecule has 1 rings (SSSR count). The summed E-state index contributed by atoms with van der Waals surface area (Å²) in [6, 6.07) is 1.41. The summed E-state index contributed by atoms with van der Waals surface area (Å²) in [7, 11) is 0. The number of aliphatic hydroxyl groups excluding tert-OH is 1. The predicted molar refractivity (Wildman–Crippen MR) is 101 cm³/mol. The van der Waals surface area contributed by atoms with E-state index in [0.29, 0.717) is 16.8 Å². The number of ether oxygens (including phenoxy) is 1. The zero-order valence-electron chi connectivity index (χ0n) is 15.8. The van der Waals surface area contributed by atoms with Crippen molar-refractivity contribution in [1.29, 1.82) is 0 Å². The average molecular weight is 345 g/mol. The van der Waals surface area contributed by atoms with Gasteiger partial charge in [0.05, 0.1) is 12.3 Å². The number of aromatic nitrogens is 1. The fourth-order valence-corrected chi connectivity index (χ4v) is 2.29. The summed E-state index contributed by atoms with van der Waals surface area (Å²) in [6.45, 7) is 15.0. The number of aliphatic hydroxyl groups is 1. The smallest absolute Gasteiger partial charge is 0.343 e. The molecule has 5 nitrogen and oxygen atoms in total. The first-order valence-electron chi connectivity index (χ1n) is 8.27. The molecule has 0 aromatic carbocycles. The number of nitrogens with zero attached hydrogens (tertiary/aromatic N) is 1. The van der Waals surface area contributed by atoms with Gasteiger partial charge in [0.25, 0.3) is 0 Å². The van der Waals surface area contributed by atoms with Crippen molar-refractivity contribution in [3.8, 4) is 0 Å². The minimum Gasteiger partial charge on any atom is -0.508 e. The van der Waals surface area contributed by atoms with Gasteiger partial charge in [0, 0.05) is 23.9 Å². The van der Waals surface area contributed by atoms with E-state index < -0.39 is 11.4 Å². The Labute approximate surface area is 148 Å². The summed E-state index contributed by atoms with van der Waals surface area (Å²) in [6.07, 6.45) is 3.12. The lowest BCUT2D eigenvalue weighted by molar-refractivity contribution is 0.0523. The zero-order valence-corrected chi connectivity index (χ0v) is 15.8. The van der Waals surface area contributed by atoms with Crippen LogP contribution in [0.5, 0.6) is 0 Å². The van der Waals surface area contributed by atoms with E-state index in [0.717, 1.165) is 5.57 Å². The fraction of sp³-hybridized carbons (Fsp3) is 0.400. The van der Waals surface area contributed by atoms with Gasteiger partial charge >= 0.3 is 5.97 Å². The first kappa shape index (κ1) is 20.5. The highest BCUT2D eigenvalue weighted by atomic mass is 16.5. The molecule has 0 aliphatic heterocycles. The number of hydrogen-bond acceptors (Lipinski definition) is 4. The number of carbonyl (C=O) groups excluding carboxylic acids is 1. The second-order valence-electron chi connectivity index (χ2n) is 6.38. The summed E-state index contributed by atoms with van der Waals surface area (Å²) in [5.74, 6) is -0.582. The summed E-state index contributed by atoms with van der Waals surface area (Å²) < 4.78 is 6.79. The zero-order chi connectivity index (χ0) is 19.3. The van der Waals surface area contributed by atoms with E-state index in [-0.39, 0.29) is 24.0 Å². The molecule has 0 atom stereocenters. The molecule has 1 aromatic heterocycles. The Balaban J connectivity index is 3.69. The van der Waals surface area contributed by atoms with E-state index >= 15 is 0 Å². The third kappa shape index (κ3) is 4.95. The predicted octanol–water partition coefficient (Wildman–Crippen LogP) is 4.42. The van der Waals surface area contributed by atoms with Crippen LogP contribution in [0.2, 0.25) is 0 Å². The molecule has 0 unspecified atom stereocenters. The van der Waals surface area contributed by atoms with Gasteiger partial charge in [-0.3, -0.25) is 4.79 Å². The Morgan fingerprint density at radius 1 is 1.36 bits per heavy atom. The molecule has 25 heavy (non-hydrogen) atoms. The highest BCUT2D eigenvalue weighted by molar-refractivity contribution is 5.89. The monoisotopic (exact) mass is 345 g/mol. The topological polar surface area (TPSA) is 68.5 Å². The Morgan fingerprint density at radius 2 is 1.96 bits per heavy atom. The molecule has 0 saturated carbocycles. The second kappa shape index (κ2) is 8.51. The minimum atomic E-state index is -0.632. The lowest BCUT2D eigenvalue weighted by Crippen LogP contribution is -2.22. The molecule has 136 valence electrons. The SMILES string of the molecule is C=C(C)/C(O)=C\C(=C(C)C)c1cc(=O)c(C(=O)OCC)cn1C(C)C. The van der Waals surface area contributed by atoms with Gasteiger partial charge in [-0.2, -0.15) is 0 Å². The van der Waals surface area contributed by atoms with Gasteiger partial charge in [-0.25, -0.2) is 4.79 Å². The van der Waals surface area contributed by atoms with Gasteiger partial charge in [-0.05, 0) is 53.2 Å². The molecule has 0 spiro atoms. The normalized spacial score (nSPS) is 11.4. The van der Waals surface area contributed by atoms with E-state index in [4.69, 9.17) is 4.74 Å². The second-order valence-corrected chi connectivity index (χ2v) is 6.38. The quantitative estimate of drug-likeness (QED) is 0.471. The fourth-order valence-electron chi connectivity index (χ4n) is 2.29. The number of esters is 1. The van der Waals surface area contributed by atoms with Crippen LogP contribution in [0.15, 0.2) is 46.6 Å². The van der Waals surface area contributed by atoms with Crippen LogP contribution in [0.4, 0.5) is 0 Å². The van der Waals surface area contributed by atoms with Crippen LogP contribution in [0.25, 0.3) is 5.57 Å². The number of carbonyl (C=O) groups is 1. The molecule has 0 aliphatic rings. The Bertz CT molecular complexity index is 790. The number of hydrogen-bond donors (Lipinski definition) is 1. The molecule has 0 aliphatic carbocycles. The highest BCUT2D eigenvalue weighted by Crippen LogP contribution is 2.25. The standard InChI is InChI=1S/C20H27NO4/c1-8-25-20(24)16-11-21(14(6)7)17(10-19(16)23)15(12(2)3)9-18(22)13(4)5/h9-11,14,22H,4,8H2,1-3,5-7H3/b18-9+. The van der Waals surface area contributed by atoms with Crippen molar-refractivity contribution in [2.75, 3.05) is 6.61 Å². The van der Waals surface area contributed by atoms with E-state index in [2.05, 4.69) is 6.58 Å². The first-order chi connectivity index (χ1) is 11.6. The van der Waals surface area contributed by atoms with Crippen molar-refractivity contribution in [2.24, 2.45) is 0 Å². The van der Waals surface area contributed by atoms with Crippen LogP contribution in [0.1, 0.15) is 63.6 Å². The summed E-state index contributed by atoms with van der Waals surface area (Å²) in [5.41, 5.74) is 2.38. The van der Waals surface area contributed by atoms with Crippen LogP contribution in [-0.4, -0.2) is 22.2 Å². The Hall–Kier alpha value is -2.56. The number of rotatable bonds is 6. The van der Waals surface area contributed by atoms with Gasteiger partial charge in [0.2, 0.25) is 0 Å². The lowest BCUT2D eigenvalue weighted by atomic mass is 10.0. The van der Waals surface area contributed by atoms with Gasteiger partial charge in [-0.1, -0.05) is 12.2 Å². The molecule has 5 heteroatoms. The van der Waals surface area contributed by atoms with Gasteiger partial charge in [0.1, 0.15) is 11.3 Å². The molecule has 0 fully saturated rings. The van der Waals surface area contributed by atoms with E-state index in [9.17, 15) is 14.7 Å². The third-order valence-corrected chi connectivity index (χ3v) is 3.66. The minimum absolute atomic E-state index is 0.000471. The maximum absolute atomic E-state index is 12.4. The first-order valence-corrected chi connectivity index (χ1v) is 8.27. The van der Waals surface area contributed by atoms with E-state index in [1.165, 1.54) is 12.3 Å². The molecule has 1 aromatic rings. The molecule has 0 bridgehead atoms. The van der Waals surface area contributed by atoms with Crippen LogP contribution in [0.3, 0.4) is 0 Å². The van der Waals surface area contributed by atoms with Crippen LogP contribution < -0.4 is 5.43 Å². The molecule has 0 saturated heterocycles. The summed E-state index contributed by atoms with van der Waals surface area (Å²) in [4.78, 5) is 24.5. The van der Waals surface area contributed by atoms with E-state index in [1.807, 2.05) is 32.3 Å².